The number of H-pyrrole nitrogens is 1. The maximum absolute atomic E-state index is 14.2. The number of aliphatic hydroxyl groups is 1. The lowest BCUT2D eigenvalue weighted by Gasteiger charge is -2.45. The lowest BCUT2D eigenvalue weighted by Crippen LogP contribution is -2.58. The van der Waals surface area contributed by atoms with Crippen molar-refractivity contribution in [2.45, 2.75) is 64.4 Å². The minimum Gasteiger partial charge on any atom is -0.381 e. The van der Waals surface area contributed by atoms with Crippen molar-refractivity contribution in [1.82, 2.24) is 10.3 Å². The summed E-state index contributed by atoms with van der Waals surface area (Å²) >= 11 is 0. The molecule has 3 N–H and O–H groups in total. The Bertz CT molecular complexity index is 1450. The van der Waals surface area contributed by atoms with Crippen LogP contribution in [0.2, 0.25) is 0 Å². The molecule has 7 heteroatoms. The molecule has 2 aromatic rings. The largest absolute Gasteiger partial charge is 0.381 e. The molecule has 9 atom stereocenters. The van der Waals surface area contributed by atoms with Crippen LogP contribution >= 0.6 is 0 Å². The monoisotopic (exact) mass is 528 g/mol. The van der Waals surface area contributed by atoms with Crippen LogP contribution in [0.4, 0.5) is 0 Å². The van der Waals surface area contributed by atoms with E-state index in [4.69, 9.17) is 4.74 Å². The third-order valence-electron chi connectivity index (χ3n) is 9.86. The van der Waals surface area contributed by atoms with Crippen molar-refractivity contribution in [2.75, 3.05) is 0 Å². The summed E-state index contributed by atoms with van der Waals surface area (Å²) in [7, 11) is 0. The Labute approximate surface area is 228 Å². The van der Waals surface area contributed by atoms with Gasteiger partial charge in [-0.1, -0.05) is 50.3 Å². The average molecular weight is 529 g/mol. The molecule has 2 aliphatic heterocycles. The van der Waals surface area contributed by atoms with E-state index >= 15 is 0 Å². The highest BCUT2D eigenvalue weighted by Crippen LogP contribution is 2.66. The number of allylic oxidation sites excluding steroid dienone is 3. The van der Waals surface area contributed by atoms with Crippen molar-refractivity contribution < 1.29 is 24.2 Å². The fraction of sp³-hybridized carbons (Fsp3) is 0.469. The van der Waals surface area contributed by atoms with Crippen LogP contribution < -0.4 is 5.32 Å². The van der Waals surface area contributed by atoms with Crippen LogP contribution in [0.1, 0.15) is 39.7 Å². The van der Waals surface area contributed by atoms with Gasteiger partial charge in [0.05, 0.1) is 11.7 Å². The number of carbonyl (C=O) groups excluding carboxylic acids is 3. The summed E-state index contributed by atoms with van der Waals surface area (Å²) in [6.45, 7) is 7.90. The van der Waals surface area contributed by atoms with Gasteiger partial charge in [-0.05, 0) is 67.9 Å². The Morgan fingerprint density at radius 3 is 2.69 bits per heavy atom. The van der Waals surface area contributed by atoms with Gasteiger partial charge in [0, 0.05) is 35.0 Å². The minimum absolute atomic E-state index is 0.0666. The topological polar surface area (TPSA) is 112 Å². The number of amides is 1. The van der Waals surface area contributed by atoms with E-state index < -0.39 is 34.6 Å². The number of aromatic amines is 1. The molecule has 1 saturated carbocycles. The summed E-state index contributed by atoms with van der Waals surface area (Å²) in [6.07, 6.45) is 9.89. The standard InChI is InChI=1S/C32H36N2O5/c1-17-8-7-10-22-29-31(4,39-29)19(3)27-24(15-20-16-33-23-11-6-5-9-21(20)23)34-30(38)32(22,27)26(36)13-12-25(35)28(37)18(2)14-17/h5-7,9-14,16-17,19,22,24,27-29,33,37H,8,15H2,1-4H3,(H,34,38)/b10-7+,13-12+,18-14?/t17-,19-,22-,24-,27-,28+,29-,31+,32+/m0/s1. The molecule has 1 spiro atoms. The molecule has 1 amide bonds. The summed E-state index contributed by atoms with van der Waals surface area (Å²) in [5.74, 6) is -2.11. The molecule has 0 unspecified atom stereocenters. The number of aromatic nitrogens is 1. The van der Waals surface area contributed by atoms with Gasteiger partial charge >= 0.3 is 0 Å². The number of benzene rings is 1. The van der Waals surface area contributed by atoms with E-state index in [2.05, 4.69) is 30.2 Å². The smallest absolute Gasteiger partial charge is 0.235 e. The van der Waals surface area contributed by atoms with Crippen LogP contribution in [0, 0.1) is 29.1 Å². The van der Waals surface area contributed by atoms with Crippen LogP contribution in [-0.4, -0.2) is 51.4 Å². The van der Waals surface area contributed by atoms with E-state index in [-0.39, 0.29) is 35.8 Å². The number of hydrogen-bond acceptors (Lipinski definition) is 5. The normalized spacial score (nSPS) is 41.7. The molecule has 4 aliphatic rings. The maximum atomic E-state index is 14.2. The number of epoxide rings is 1. The Hall–Kier alpha value is -3.29. The van der Waals surface area contributed by atoms with E-state index in [0.29, 0.717) is 18.4 Å². The number of ketones is 2. The number of carbonyl (C=O) groups is 3. The summed E-state index contributed by atoms with van der Waals surface area (Å²) < 4.78 is 6.33. The first-order valence-corrected chi connectivity index (χ1v) is 13.9. The van der Waals surface area contributed by atoms with Gasteiger partial charge in [0.15, 0.2) is 11.6 Å². The molecule has 3 fully saturated rings. The lowest BCUT2D eigenvalue weighted by molar-refractivity contribution is -0.145. The first kappa shape index (κ1) is 26.0. The van der Waals surface area contributed by atoms with Gasteiger partial charge in [-0.15, -0.1) is 0 Å². The van der Waals surface area contributed by atoms with Gasteiger partial charge in [0.25, 0.3) is 0 Å². The van der Waals surface area contributed by atoms with Crippen molar-refractivity contribution >= 4 is 28.4 Å². The number of ether oxygens (including phenoxy) is 1. The highest BCUT2D eigenvalue weighted by atomic mass is 16.6. The Morgan fingerprint density at radius 2 is 1.90 bits per heavy atom. The molecule has 0 bridgehead atoms. The Kier molecular flexibility index (Phi) is 6.08. The first-order valence-electron chi connectivity index (χ1n) is 13.9. The van der Waals surface area contributed by atoms with E-state index in [1.807, 2.05) is 49.5 Å². The van der Waals surface area contributed by atoms with E-state index in [0.717, 1.165) is 22.5 Å². The molecule has 0 radical (unpaired) electrons. The second-order valence-corrected chi connectivity index (χ2v) is 12.1. The van der Waals surface area contributed by atoms with Crippen molar-refractivity contribution in [1.29, 1.82) is 0 Å². The summed E-state index contributed by atoms with van der Waals surface area (Å²) in [5, 5.41) is 14.9. The predicted molar refractivity (Wildman–Crippen MR) is 148 cm³/mol. The zero-order chi connectivity index (χ0) is 27.7. The molecule has 39 heavy (non-hydrogen) atoms. The van der Waals surface area contributed by atoms with Crippen LogP contribution in [0.25, 0.3) is 10.9 Å². The Balaban J connectivity index is 1.46. The van der Waals surface area contributed by atoms with Gasteiger partial charge in [-0.3, -0.25) is 14.4 Å². The quantitative estimate of drug-likeness (QED) is 0.312. The molecule has 2 saturated heterocycles. The van der Waals surface area contributed by atoms with Gasteiger partial charge in [0.1, 0.15) is 11.5 Å². The highest BCUT2D eigenvalue weighted by molar-refractivity contribution is 6.15. The predicted octanol–water partition coefficient (Wildman–Crippen LogP) is 3.83. The maximum Gasteiger partial charge on any atom is 0.235 e. The first-order chi connectivity index (χ1) is 18.6. The van der Waals surface area contributed by atoms with Crippen molar-refractivity contribution in [3.05, 3.63) is 72.0 Å². The van der Waals surface area contributed by atoms with Gasteiger partial charge in [-0.2, -0.15) is 0 Å². The third kappa shape index (κ3) is 3.81. The van der Waals surface area contributed by atoms with Crippen molar-refractivity contribution in [3.8, 4) is 0 Å². The second kappa shape index (κ2) is 9.14. The fourth-order valence-corrected chi connectivity index (χ4v) is 7.66. The lowest BCUT2D eigenvalue weighted by atomic mass is 9.51. The number of aliphatic hydroxyl groups excluding tert-OH is 1. The summed E-state index contributed by atoms with van der Waals surface area (Å²) in [5.41, 5.74) is 0.805. The van der Waals surface area contributed by atoms with Gasteiger partial charge < -0.3 is 20.1 Å². The van der Waals surface area contributed by atoms with Crippen LogP contribution in [0.3, 0.4) is 0 Å². The molecular weight excluding hydrogens is 492 g/mol. The number of rotatable bonds is 2. The van der Waals surface area contributed by atoms with Crippen LogP contribution in [-0.2, 0) is 25.5 Å². The van der Waals surface area contributed by atoms with E-state index in [1.54, 1.807) is 6.92 Å². The number of para-hydroxylation sites is 1. The molecule has 1 aromatic heterocycles. The number of fused-ring (bicyclic) bond motifs is 3. The van der Waals surface area contributed by atoms with Gasteiger partial charge in [-0.25, -0.2) is 0 Å². The molecule has 204 valence electrons. The van der Waals surface area contributed by atoms with Crippen molar-refractivity contribution in [2.24, 2.45) is 29.1 Å². The third-order valence-corrected chi connectivity index (χ3v) is 9.86. The van der Waals surface area contributed by atoms with E-state index in [9.17, 15) is 19.5 Å². The van der Waals surface area contributed by atoms with Crippen LogP contribution in [0.15, 0.2) is 66.4 Å². The molecule has 6 rings (SSSR count). The second-order valence-electron chi connectivity index (χ2n) is 12.1. The zero-order valence-electron chi connectivity index (χ0n) is 22.8. The molecule has 2 aliphatic carbocycles. The number of nitrogens with one attached hydrogen (secondary N) is 2. The SMILES string of the molecule is CC1=C[C@@H](C)C/C=C/[C@H]2[C@@H]3O[C@]3(C)[C@@H](C)[C@H]3[C@H](Cc4c[nH]c5ccccc45)NC(=O)[C@]32C(=O)/C=C/C(=O)[C@@H]1O. The molecule has 7 nitrogen and oxygen atoms in total. The summed E-state index contributed by atoms with van der Waals surface area (Å²) in [4.78, 5) is 44.5. The highest BCUT2D eigenvalue weighted by Gasteiger charge is 2.78. The Morgan fingerprint density at radius 1 is 1.13 bits per heavy atom. The van der Waals surface area contributed by atoms with Crippen molar-refractivity contribution in [3.63, 3.8) is 0 Å². The minimum atomic E-state index is -1.41. The average Bonchev–Trinajstić information content (AvgIpc) is 3.31. The zero-order valence-corrected chi connectivity index (χ0v) is 22.8. The fourth-order valence-electron chi connectivity index (χ4n) is 7.66. The van der Waals surface area contributed by atoms with Gasteiger partial charge in [0.2, 0.25) is 5.91 Å². The molecular formula is C32H36N2O5. The van der Waals surface area contributed by atoms with Crippen LogP contribution in [0.5, 0.6) is 0 Å². The molecule has 3 heterocycles. The molecule has 1 aromatic carbocycles. The summed E-state index contributed by atoms with van der Waals surface area (Å²) in [6, 6.07) is 7.77. The number of hydrogen-bond donors (Lipinski definition) is 3. The van der Waals surface area contributed by atoms with E-state index in [1.165, 1.54) is 6.08 Å².